The Kier molecular flexibility index (Phi) is 8.31. The molecule has 0 spiro atoms. The van der Waals surface area contributed by atoms with Crippen molar-refractivity contribution in [2.75, 3.05) is 6.16 Å². The van der Waals surface area contributed by atoms with Crippen molar-refractivity contribution in [1.82, 2.24) is 10.4 Å². The third-order valence-electron chi connectivity index (χ3n) is 7.44. The fourth-order valence-corrected chi connectivity index (χ4v) is 10.7. The fourth-order valence-electron chi connectivity index (χ4n) is 5.90. The molecule has 0 unspecified atom stereocenters. The molecule has 0 aromatic heterocycles. The quantitative estimate of drug-likeness (QED) is 0.342. The van der Waals surface area contributed by atoms with Crippen LogP contribution in [0.25, 0.3) is 0 Å². The van der Waals surface area contributed by atoms with Crippen LogP contribution in [0.3, 0.4) is 0 Å². The second kappa shape index (κ2) is 10.8. The molecule has 1 heterocycles. The summed E-state index contributed by atoms with van der Waals surface area (Å²) in [4.78, 5) is 13.9. The fraction of sp³-hybridized carbons (Fsp3) is 0.345. The summed E-state index contributed by atoms with van der Waals surface area (Å²) in [5.74, 6) is -0.0190. The normalized spacial score (nSPS) is 18.4. The minimum absolute atomic E-state index is 0.0190. The summed E-state index contributed by atoms with van der Waals surface area (Å²) in [6.45, 7) is 8.00. The van der Waals surface area contributed by atoms with Gasteiger partial charge < -0.3 is 0 Å². The van der Waals surface area contributed by atoms with E-state index in [0.717, 1.165) is 15.9 Å². The first-order valence-corrected chi connectivity index (χ1v) is 15.7. The van der Waals surface area contributed by atoms with Gasteiger partial charge in [0.2, 0.25) is 0 Å². The van der Waals surface area contributed by atoms with Gasteiger partial charge in [-0.15, -0.1) is 0 Å². The van der Waals surface area contributed by atoms with Crippen LogP contribution in [0.5, 0.6) is 0 Å². The average Bonchev–Trinajstić information content (AvgIpc) is 2.82. The van der Waals surface area contributed by atoms with E-state index in [1.54, 1.807) is 0 Å². The number of hydrogen-bond acceptors (Lipinski definition) is 3. The Bertz CT molecular complexity index is 1120. The molecule has 1 aliphatic rings. The zero-order chi connectivity index (χ0) is 27.0. The van der Waals surface area contributed by atoms with E-state index < -0.39 is 18.3 Å². The summed E-state index contributed by atoms with van der Waals surface area (Å²) >= 11 is 18.8. The molecule has 4 rings (SSSR count). The van der Waals surface area contributed by atoms with Crippen LogP contribution in [-0.2, 0) is 4.79 Å². The second-order valence-corrected chi connectivity index (χ2v) is 16.4. The van der Waals surface area contributed by atoms with Gasteiger partial charge in [-0.05, 0) is 0 Å². The van der Waals surface area contributed by atoms with E-state index in [2.05, 4.69) is 5.32 Å². The van der Waals surface area contributed by atoms with Crippen LogP contribution >= 0.6 is 42.1 Å². The molecule has 1 fully saturated rings. The predicted molar refractivity (Wildman–Crippen MR) is 159 cm³/mol. The zero-order valence-corrected chi connectivity index (χ0v) is 24.8. The van der Waals surface area contributed by atoms with E-state index in [9.17, 15) is 10.0 Å². The molecular weight excluding hydrogens is 546 g/mol. The van der Waals surface area contributed by atoms with E-state index in [4.69, 9.17) is 34.8 Å². The molecule has 4 nitrogen and oxygen atoms in total. The van der Waals surface area contributed by atoms with E-state index >= 15 is 0 Å². The number of halogens is 3. The summed E-state index contributed by atoms with van der Waals surface area (Å²) in [5, 5.41) is 20.6. The second-order valence-electron chi connectivity index (χ2n) is 11.2. The molecule has 3 aromatic carbocycles. The molecular formula is C29H34Cl3N2O2P. The molecule has 0 saturated carbocycles. The Hall–Kier alpha value is -1.65. The molecule has 1 aliphatic heterocycles. The first-order chi connectivity index (χ1) is 17.3. The van der Waals surface area contributed by atoms with Crippen LogP contribution in [0.4, 0.5) is 0 Å². The van der Waals surface area contributed by atoms with Gasteiger partial charge in [-0.1, -0.05) is 0 Å². The van der Waals surface area contributed by atoms with Gasteiger partial charge in [0, 0.05) is 0 Å². The number of hydroxylamine groups is 2. The van der Waals surface area contributed by atoms with Crippen molar-refractivity contribution in [2.45, 2.75) is 57.7 Å². The van der Waals surface area contributed by atoms with Gasteiger partial charge >= 0.3 is 236 Å². The summed E-state index contributed by atoms with van der Waals surface area (Å²) in [6, 6.07) is 23.4. The van der Waals surface area contributed by atoms with Crippen LogP contribution in [0.1, 0.15) is 40.5 Å². The third-order valence-corrected chi connectivity index (χ3v) is 13.0. The third kappa shape index (κ3) is 6.01. The van der Waals surface area contributed by atoms with Crippen LogP contribution in [0.15, 0.2) is 72.8 Å². The zero-order valence-electron chi connectivity index (χ0n) is 21.6. The number of amides is 1. The average molecular weight is 580 g/mol. The molecule has 37 heavy (non-hydrogen) atoms. The molecule has 8 heteroatoms. The predicted octanol–water partition coefficient (Wildman–Crippen LogP) is 6.20. The number of piperidine rings is 1. The Labute approximate surface area is 235 Å². The molecule has 1 amide bonds. The van der Waals surface area contributed by atoms with Gasteiger partial charge in [0.1, 0.15) is 0 Å². The first-order valence-electron chi connectivity index (χ1n) is 12.4. The minimum atomic E-state index is -2.87. The van der Waals surface area contributed by atoms with Crippen molar-refractivity contribution in [3.63, 3.8) is 0 Å². The molecule has 3 aromatic rings. The SMILES string of the molecule is CC1(C)CC(NC(=O)C[PH](c2ccc(Cl)cc2)(c2ccc(Cl)cc2)c2ccc(Cl)cc2)CC(C)(C)N1O. The van der Waals surface area contributed by atoms with Gasteiger partial charge in [0.05, 0.1) is 0 Å². The molecule has 0 radical (unpaired) electrons. The van der Waals surface area contributed by atoms with E-state index in [-0.39, 0.29) is 11.9 Å². The van der Waals surface area contributed by atoms with Crippen LogP contribution in [0.2, 0.25) is 15.1 Å². The van der Waals surface area contributed by atoms with Crippen molar-refractivity contribution in [3.05, 3.63) is 87.9 Å². The van der Waals surface area contributed by atoms with E-state index in [0.29, 0.717) is 34.1 Å². The summed E-state index contributed by atoms with van der Waals surface area (Å²) in [5.41, 5.74) is -0.923. The molecule has 198 valence electrons. The monoisotopic (exact) mass is 578 g/mol. The van der Waals surface area contributed by atoms with Gasteiger partial charge in [0.15, 0.2) is 0 Å². The Morgan fingerprint density at radius 2 is 1.11 bits per heavy atom. The molecule has 1 saturated heterocycles. The van der Waals surface area contributed by atoms with Crippen LogP contribution in [0, 0.1) is 0 Å². The molecule has 0 bridgehead atoms. The number of benzene rings is 3. The molecule has 0 aliphatic carbocycles. The van der Waals surface area contributed by atoms with Crippen LogP contribution in [-0.4, -0.2) is 39.5 Å². The van der Waals surface area contributed by atoms with Crippen molar-refractivity contribution in [2.24, 2.45) is 0 Å². The number of carbonyl (C=O) groups is 1. The maximum atomic E-state index is 13.9. The maximum absolute atomic E-state index is 13.9. The van der Waals surface area contributed by atoms with Gasteiger partial charge in [-0.25, -0.2) is 0 Å². The van der Waals surface area contributed by atoms with Gasteiger partial charge in [0.25, 0.3) is 0 Å². The van der Waals surface area contributed by atoms with Gasteiger partial charge in [-0.2, -0.15) is 0 Å². The summed E-state index contributed by atoms with van der Waals surface area (Å²) < 4.78 is 0. The van der Waals surface area contributed by atoms with Crippen molar-refractivity contribution < 1.29 is 10.0 Å². The number of nitrogens with zero attached hydrogens (tertiary/aromatic N) is 1. The van der Waals surface area contributed by atoms with Gasteiger partial charge in [-0.3, -0.25) is 0 Å². The Morgan fingerprint density at radius 1 is 0.784 bits per heavy atom. The van der Waals surface area contributed by atoms with Crippen molar-refractivity contribution >= 4 is 63.9 Å². The standard InChI is InChI=1S/C29H34Cl3N2O2P/c1-28(2)17-23(18-29(3,4)34(28)36)33-27(35)19-37(24-11-5-20(30)6-12-24,25-13-7-21(31)8-14-25)26-15-9-22(32)10-16-26/h5-16,23,36-37H,17-19H2,1-4H3,(H,33,35). The van der Waals surface area contributed by atoms with Crippen molar-refractivity contribution in [3.8, 4) is 0 Å². The first kappa shape index (κ1) is 28.4. The van der Waals surface area contributed by atoms with Crippen molar-refractivity contribution in [1.29, 1.82) is 0 Å². The Balaban J connectivity index is 1.79. The Morgan fingerprint density at radius 3 is 1.43 bits per heavy atom. The van der Waals surface area contributed by atoms with Crippen LogP contribution < -0.4 is 21.2 Å². The topological polar surface area (TPSA) is 52.6 Å². The number of nitrogens with one attached hydrogen (secondary N) is 1. The summed E-state index contributed by atoms with van der Waals surface area (Å²) in [6.07, 6.45) is 1.60. The number of hydrogen-bond donors (Lipinski definition) is 2. The summed E-state index contributed by atoms with van der Waals surface area (Å²) in [7, 11) is -2.87. The molecule has 2 N–H and O–H groups in total. The van der Waals surface area contributed by atoms with E-state index in [1.807, 2.05) is 100 Å². The molecule has 0 atom stereocenters. The number of rotatable bonds is 6. The van der Waals surface area contributed by atoms with E-state index in [1.165, 1.54) is 5.06 Å². The number of carbonyl (C=O) groups excluding carboxylic acids is 1.